The molecule has 132 valence electrons. The van der Waals surface area contributed by atoms with Crippen LogP contribution in [0.15, 0.2) is 60.9 Å². The lowest BCUT2D eigenvalue weighted by atomic mass is 10.2. The molecule has 0 aliphatic carbocycles. The molecule has 0 unspecified atom stereocenters. The predicted molar refractivity (Wildman–Crippen MR) is 114 cm³/mol. The highest BCUT2D eigenvalue weighted by atomic mass is 127. The van der Waals surface area contributed by atoms with Crippen molar-refractivity contribution >= 4 is 56.6 Å². The molecule has 0 fully saturated rings. The van der Waals surface area contributed by atoms with Crippen molar-refractivity contribution in [3.8, 4) is 0 Å². The van der Waals surface area contributed by atoms with Crippen LogP contribution in [0, 0.1) is 3.57 Å². The summed E-state index contributed by atoms with van der Waals surface area (Å²) >= 11 is 2.27. The highest BCUT2D eigenvalue weighted by molar-refractivity contribution is 14.1. The first kappa shape index (κ1) is 18.3. The van der Waals surface area contributed by atoms with Gasteiger partial charge in [0.05, 0.1) is 5.52 Å². The molecule has 6 nitrogen and oxygen atoms in total. The zero-order chi connectivity index (χ0) is 18.4. The summed E-state index contributed by atoms with van der Waals surface area (Å²) in [5, 5.41) is 9.96. The molecule has 1 aromatic heterocycles. The molecule has 2 aromatic carbocycles. The Kier molecular flexibility index (Phi) is 6.13. The zero-order valence-corrected chi connectivity index (χ0v) is 16.3. The molecule has 0 aliphatic heterocycles. The molecule has 0 aliphatic rings. The van der Waals surface area contributed by atoms with E-state index >= 15 is 0 Å². The number of rotatable bonds is 6. The summed E-state index contributed by atoms with van der Waals surface area (Å²) in [7, 11) is 1.83. The van der Waals surface area contributed by atoms with Crippen LogP contribution < -0.4 is 16.0 Å². The summed E-state index contributed by atoms with van der Waals surface area (Å²) in [6, 6.07) is 13.6. The van der Waals surface area contributed by atoms with Crippen molar-refractivity contribution in [2.45, 2.75) is 0 Å². The molecule has 0 saturated carbocycles. The number of hydrogen-bond acceptors (Lipinski definition) is 5. The molecule has 0 saturated heterocycles. The third-order valence-electron chi connectivity index (χ3n) is 3.58. The van der Waals surface area contributed by atoms with Crippen LogP contribution in [0.1, 0.15) is 0 Å². The number of carbonyl (C=O) groups excluding carboxylic acids is 1. The first-order valence-corrected chi connectivity index (χ1v) is 9.13. The van der Waals surface area contributed by atoms with Crippen LogP contribution in [0.4, 0.5) is 17.2 Å². The third kappa shape index (κ3) is 4.77. The van der Waals surface area contributed by atoms with Crippen LogP contribution in [0.25, 0.3) is 10.9 Å². The lowest BCUT2D eigenvalue weighted by Crippen LogP contribution is -2.10. The van der Waals surface area contributed by atoms with E-state index in [1.54, 1.807) is 6.08 Å². The van der Waals surface area contributed by atoms with Gasteiger partial charge in [0.2, 0.25) is 5.91 Å². The zero-order valence-electron chi connectivity index (χ0n) is 14.2. The van der Waals surface area contributed by atoms with E-state index in [4.69, 9.17) is 0 Å². The molecular weight excluding hydrogens is 441 g/mol. The number of fused-ring (bicyclic) bond motifs is 1. The van der Waals surface area contributed by atoms with Gasteiger partial charge in [-0.1, -0.05) is 12.1 Å². The van der Waals surface area contributed by atoms with E-state index in [0.29, 0.717) is 18.1 Å². The van der Waals surface area contributed by atoms with Crippen LogP contribution in [-0.2, 0) is 4.79 Å². The summed E-state index contributed by atoms with van der Waals surface area (Å²) in [5.74, 6) is 0.516. The van der Waals surface area contributed by atoms with Crippen molar-refractivity contribution in [1.29, 1.82) is 0 Å². The fourth-order valence-corrected chi connectivity index (χ4v) is 2.95. The lowest BCUT2D eigenvalue weighted by Gasteiger charge is -2.10. The molecule has 3 aromatic rings. The van der Waals surface area contributed by atoms with Crippen molar-refractivity contribution < 1.29 is 4.79 Å². The Hall–Kier alpha value is -2.52. The average Bonchev–Trinajstić information content (AvgIpc) is 2.62. The highest BCUT2D eigenvalue weighted by Gasteiger charge is 2.07. The van der Waals surface area contributed by atoms with Gasteiger partial charge in [0.15, 0.2) is 0 Å². The van der Waals surface area contributed by atoms with Gasteiger partial charge < -0.3 is 16.0 Å². The molecule has 1 heterocycles. The van der Waals surface area contributed by atoms with E-state index in [-0.39, 0.29) is 5.91 Å². The van der Waals surface area contributed by atoms with Crippen LogP contribution in [-0.4, -0.2) is 29.5 Å². The maximum absolute atomic E-state index is 12.0. The van der Waals surface area contributed by atoms with E-state index in [1.165, 1.54) is 12.4 Å². The van der Waals surface area contributed by atoms with Gasteiger partial charge in [0, 0.05) is 33.0 Å². The summed E-state index contributed by atoms with van der Waals surface area (Å²) in [6.45, 7) is 0.642. The van der Waals surface area contributed by atoms with Gasteiger partial charge in [-0.25, -0.2) is 9.97 Å². The molecule has 0 spiro atoms. The van der Waals surface area contributed by atoms with Crippen LogP contribution in [0.2, 0.25) is 0 Å². The second kappa shape index (κ2) is 8.72. The molecule has 0 radical (unpaired) electrons. The Morgan fingerprint density at radius 2 is 2.04 bits per heavy atom. The number of benzene rings is 2. The number of hydrogen-bond donors (Lipinski definition) is 3. The van der Waals surface area contributed by atoms with E-state index in [2.05, 4.69) is 48.5 Å². The largest absolute Gasteiger partial charge is 0.340 e. The number of anilines is 3. The van der Waals surface area contributed by atoms with Crippen LogP contribution in [0.5, 0.6) is 0 Å². The molecule has 0 atom stereocenters. The van der Waals surface area contributed by atoms with E-state index < -0.39 is 0 Å². The lowest BCUT2D eigenvalue weighted by molar-refractivity contribution is -0.111. The third-order valence-corrected chi connectivity index (χ3v) is 4.25. The smallest absolute Gasteiger partial charge is 0.248 e. The van der Waals surface area contributed by atoms with Crippen LogP contribution >= 0.6 is 22.6 Å². The minimum atomic E-state index is -0.177. The number of nitrogens with zero attached hydrogens (tertiary/aromatic N) is 2. The van der Waals surface area contributed by atoms with Crippen molar-refractivity contribution in [3.63, 3.8) is 0 Å². The van der Waals surface area contributed by atoms with Gasteiger partial charge in [-0.05, 0) is 66.0 Å². The Labute approximate surface area is 165 Å². The molecule has 0 bridgehead atoms. The molecule has 3 N–H and O–H groups in total. The molecule has 1 amide bonds. The monoisotopic (exact) mass is 459 g/mol. The van der Waals surface area contributed by atoms with Crippen molar-refractivity contribution in [1.82, 2.24) is 15.3 Å². The van der Waals surface area contributed by atoms with E-state index in [9.17, 15) is 4.79 Å². The fraction of sp³-hybridized carbons (Fsp3) is 0.105. The minimum Gasteiger partial charge on any atom is -0.340 e. The van der Waals surface area contributed by atoms with Gasteiger partial charge in [-0.15, -0.1) is 0 Å². The predicted octanol–water partition coefficient (Wildman–Crippen LogP) is 3.69. The second-order valence-corrected chi connectivity index (χ2v) is 6.78. The summed E-state index contributed by atoms with van der Waals surface area (Å²) < 4.78 is 1.13. The van der Waals surface area contributed by atoms with Crippen molar-refractivity contribution in [2.24, 2.45) is 0 Å². The number of amides is 1. The van der Waals surface area contributed by atoms with Gasteiger partial charge in [-0.2, -0.15) is 0 Å². The summed E-state index contributed by atoms with van der Waals surface area (Å²) in [4.78, 5) is 20.6. The van der Waals surface area contributed by atoms with Gasteiger partial charge in [0.1, 0.15) is 12.1 Å². The molecular formula is C19H18IN5O. The van der Waals surface area contributed by atoms with E-state index in [0.717, 1.165) is 20.2 Å². The first-order chi connectivity index (χ1) is 12.7. The minimum absolute atomic E-state index is 0.177. The average molecular weight is 459 g/mol. The van der Waals surface area contributed by atoms with Crippen molar-refractivity contribution in [3.05, 3.63) is 64.5 Å². The standard InChI is InChI=1S/C19H18IN5O/c1-21-9-3-6-18(26)24-15-7-8-17-16(11-15)19(23-12-22-17)25-14-5-2-4-13(20)10-14/h2-8,10-12,21H,9H2,1H3,(H,24,26)(H,22,23,25). The van der Waals surface area contributed by atoms with Gasteiger partial charge in [-0.3, -0.25) is 4.79 Å². The maximum atomic E-state index is 12.0. The summed E-state index contributed by atoms with van der Waals surface area (Å²) in [6.07, 6.45) is 4.80. The molecule has 26 heavy (non-hydrogen) atoms. The van der Waals surface area contributed by atoms with Crippen LogP contribution in [0.3, 0.4) is 0 Å². The number of halogens is 1. The Morgan fingerprint density at radius 3 is 2.85 bits per heavy atom. The topological polar surface area (TPSA) is 78.9 Å². The Balaban J connectivity index is 1.87. The normalized spacial score (nSPS) is 11.0. The Bertz CT molecular complexity index is 958. The van der Waals surface area contributed by atoms with Gasteiger partial charge in [0.25, 0.3) is 0 Å². The fourth-order valence-electron chi connectivity index (χ4n) is 2.40. The van der Waals surface area contributed by atoms with E-state index in [1.807, 2.05) is 49.5 Å². The quantitative estimate of drug-likeness (QED) is 0.387. The van der Waals surface area contributed by atoms with Gasteiger partial charge >= 0.3 is 0 Å². The second-order valence-electron chi connectivity index (χ2n) is 5.54. The Morgan fingerprint density at radius 1 is 1.15 bits per heavy atom. The highest BCUT2D eigenvalue weighted by Crippen LogP contribution is 2.26. The molecule has 7 heteroatoms. The first-order valence-electron chi connectivity index (χ1n) is 8.05. The number of nitrogens with one attached hydrogen (secondary N) is 3. The number of likely N-dealkylation sites (N-methyl/N-ethyl adjacent to an activating group) is 1. The number of carbonyl (C=O) groups is 1. The SMILES string of the molecule is CNCC=CC(=O)Nc1ccc2ncnc(Nc3cccc(I)c3)c2c1. The summed E-state index contributed by atoms with van der Waals surface area (Å²) in [5.41, 5.74) is 2.44. The maximum Gasteiger partial charge on any atom is 0.248 e. The number of aromatic nitrogens is 2. The molecule has 3 rings (SSSR count). The van der Waals surface area contributed by atoms with Crippen molar-refractivity contribution in [2.75, 3.05) is 24.2 Å².